The van der Waals surface area contributed by atoms with Crippen LogP contribution in [0, 0.1) is 29.1 Å². The summed E-state index contributed by atoms with van der Waals surface area (Å²) in [6, 6.07) is 6.55. The molecule has 0 amide bonds. The molecule has 1 heterocycles. The van der Waals surface area contributed by atoms with Crippen LogP contribution in [0.2, 0.25) is 0 Å². The summed E-state index contributed by atoms with van der Waals surface area (Å²) in [5.74, 6) is -2.19. The Morgan fingerprint density at radius 1 is 1.02 bits per heavy atom. The lowest BCUT2D eigenvalue weighted by Crippen LogP contribution is -2.49. The summed E-state index contributed by atoms with van der Waals surface area (Å²) >= 11 is 0. The second-order valence-electron chi connectivity index (χ2n) is 12.2. The number of halogens is 2. The number of rotatable bonds is 9. The molecule has 40 heavy (non-hydrogen) atoms. The van der Waals surface area contributed by atoms with E-state index in [1.54, 1.807) is 24.3 Å². The predicted octanol–water partition coefficient (Wildman–Crippen LogP) is 5.38. The molecule has 2 aromatic rings. The molecule has 0 spiro atoms. The number of Topliss-reactive ketones (excluding diaryl/α,β-unsaturated/α-hetero) is 1. The molecule has 5 saturated carbocycles. The number of oxime groups is 1. The molecule has 0 saturated heterocycles. The zero-order chi connectivity index (χ0) is 28.1. The first-order valence-electron chi connectivity index (χ1n) is 14.0. The van der Waals surface area contributed by atoms with Crippen LogP contribution in [-0.4, -0.2) is 42.7 Å². The fourth-order valence-corrected chi connectivity index (χ4v) is 8.26. The van der Waals surface area contributed by atoms with Gasteiger partial charge in [0.1, 0.15) is 5.52 Å². The second-order valence-corrected chi connectivity index (χ2v) is 13.7. The normalized spacial score (nSPS) is 29.1. The molecule has 0 aliphatic heterocycles. The zero-order valence-corrected chi connectivity index (χ0v) is 22.8. The fraction of sp³-hybridized carbons (Fsp3) is 0.643. The minimum absolute atomic E-state index is 0.252. The first kappa shape index (κ1) is 27.3. The van der Waals surface area contributed by atoms with Crippen molar-refractivity contribution in [1.82, 2.24) is 4.98 Å². The van der Waals surface area contributed by atoms with Crippen LogP contribution >= 0.6 is 0 Å². The van der Waals surface area contributed by atoms with Crippen molar-refractivity contribution in [2.45, 2.75) is 75.9 Å². The minimum atomic E-state index is -5.95. The molecule has 0 unspecified atom stereocenters. The molecule has 7 rings (SSSR count). The summed E-state index contributed by atoms with van der Waals surface area (Å²) in [5, 5.41) is -1.69. The summed E-state index contributed by atoms with van der Waals surface area (Å²) in [6.07, 6.45) is 9.29. The van der Waals surface area contributed by atoms with Crippen molar-refractivity contribution in [3.8, 4) is 0 Å². The highest BCUT2D eigenvalue weighted by Crippen LogP contribution is 2.60. The van der Waals surface area contributed by atoms with Gasteiger partial charge in [0, 0.05) is 11.3 Å². The van der Waals surface area contributed by atoms with Crippen molar-refractivity contribution >= 4 is 38.7 Å². The first-order valence-corrected chi connectivity index (χ1v) is 15.4. The van der Waals surface area contributed by atoms with Crippen molar-refractivity contribution in [3.05, 3.63) is 30.2 Å². The highest BCUT2D eigenvalue weighted by molar-refractivity contribution is 7.88. The first-order chi connectivity index (χ1) is 19.1. The molecule has 0 radical (unpaired) electrons. The monoisotopic (exact) mass is 578 g/mol. The lowest BCUT2D eigenvalue weighted by Gasteiger charge is -2.56. The maximum absolute atomic E-state index is 14.9. The summed E-state index contributed by atoms with van der Waals surface area (Å²) in [4.78, 5) is 29.9. The third kappa shape index (κ3) is 5.03. The maximum Gasteiger partial charge on any atom is 0.478 e. The number of benzene rings is 1. The summed E-state index contributed by atoms with van der Waals surface area (Å²) in [7, 11) is -5.95. The van der Waals surface area contributed by atoms with Crippen LogP contribution in [0.5, 0.6) is 0 Å². The number of ketones is 1. The van der Waals surface area contributed by atoms with Gasteiger partial charge in [0.25, 0.3) is 5.89 Å². The van der Waals surface area contributed by atoms with E-state index >= 15 is 0 Å². The summed E-state index contributed by atoms with van der Waals surface area (Å²) < 4.78 is 69.9. The van der Waals surface area contributed by atoms with Gasteiger partial charge in [0.15, 0.2) is 11.4 Å². The van der Waals surface area contributed by atoms with E-state index in [-0.39, 0.29) is 17.9 Å². The molecule has 12 heteroatoms. The Morgan fingerprint density at radius 2 is 1.65 bits per heavy atom. The summed E-state index contributed by atoms with van der Waals surface area (Å²) in [6.45, 7) is -0.252. The molecule has 0 N–H and O–H groups in total. The van der Waals surface area contributed by atoms with Crippen molar-refractivity contribution in [2.24, 2.45) is 34.2 Å². The number of oxazole rings is 1. The molecule has 5 aliphatic rings. The third-order valence-electron chi connectivity index (χ3n) is 9.16. The molecule has 9 nitrogen and oxygen atoms in total. The van der Waals surface area contributed by atoms with Gasteiger partial charge in [-0.25, -0.2) is 9.78 Å². The molecule has 0 atom stereocenters. The van der Waals surface area contributed by atoms with E-state index in [1.807, 2.05) is 0 Å². The van der Waals surface area contributed by atoms with Gasteiger partial charge < -0.3 is 9.15 Å². The van der Waals surface area contributed by atoms with Crippen LogP contribution in [0.1, 0.15) is 76.5 Å². The SMILES string of the molecule is O=C(/C(=N\OS(=O)(=O)C(F)(F)C(=O)OCC12CC3CC(CC(C3)C1)C2)c1nc2ccccc2o1)C1CCCCC1. The third-order valence-corrected chi connectivity index (χ3v) is 10.2. The number of carbonyl (C=O) groups excluding carboxylic acids is 2. The Bertz CT molecular complexity index is 1380. The average molecular weight is 579 g/mol. The van der Waals surface area contributed by atoms with E-state index in [9.17, 15) is 26.8 Å². The summed E-state index contributed by atoms with van der Waals surface area (Å²) in [5.41, 5.74) is -0.342. The van der Waals surface area contributed by atoms with Gasteiger partial charge in [-0.05, 0) is 81.3 Å². The van der Waals surface area contributed by atoms with Crippen LogP contribution in [-0.2, 0) is 28.7 Å². The second kappa shape index (κ2) is 10.2. The van der Waals surface area contributed by atoms with Crippen molar-refractivity contribution in [2.75, 3.05) is 6.61 Å². The zero-order valence-electron chi connectivity index (χ0n) is 22.0. The predicted molar refractivity (Wildman–Crippen MR) is 139 cm³/mol. The Labute approximate surface area is 230 Å². The van der Waals surface area contributed by atoms with Crippen molar-refractivity contribution in [3.63, 3.8) is 0 Å². The molecular weight excluding hydrogens is 546 g/mol. The number of carbonyl (C=O) groups is 2. The fourth-order valence-electron chi connectivity index (χ4n) is 7.73. The smallest absolute Gasteiger partial charge is 0.460 e. The van der Waals surface area contributed by atoms with E-state index in [2.05, 4.69) is 14.4 Å². The highest BCUT2D eigenvalue weighted by Gasteiger charge is 2.59. The van der Waals surface area contributed by atoms with E-state index in [1.165, 1.54) is 0 Å². The van der Waals surface area contributed by atoms with E-state index in [0.717, 1.165) is 57.8 Å². The Hall–Kier alpha value is -2.89. The van der Waals surface area contributed by atoms with Crippen molar-refractivity contribution in [1.29, 1.82) is 0 Å². The number of aromatic nitrogens is 1. The Kier molecular flexibility index (Phi) is 6.95. The van der Waals surface area contributed by atoms with Gasteiger partial charge in [-0.1, -0.05) is 36.6 Å². The minimum Gasteiger partial charge on any atom is -0.460 e. The van der Waals surface area contributed by atoms with Crippen LogP contribution in [0.15, 0.2) is 33.8 Å². The van der Waals surface area contributed by atoms with Crippen LogP contribution in [0.25, 0.3) is 11.1 Å². The lowest BCUT2D eigenvalue weighted by molar-refractivity contribution is -0.172. The number of nitrogens with zero attached hydrogens (tertiary/aromatic N) is 2. The number of para-hydroxylation sites is 2. The molecule has 5 fully saturated rings. The van der Waals surface area contributed by atoms with Crippen LogP contribution < -0.4 is 0 Å². The van der Waals surface area contributed by atoms with Gasteiger partial charge in [-0.15, -0.1) is 0 Å². The molecule has 1 aromatic carbocycles. The van der Waals surface area contributed by atoms with E-state index in [0.29, 0.717) is 41.7 Å². The molecule has 216 valence electrons. The number of hydrogen-bond donors (Lipinski definition) is 0. The van der Waals surface area contributed by atoms with Gasteiger partial charge in [-0.2, -0.15) is 17.2 Å². The van der Waals surface area contributed by atoms with Gasteiger partial charge in [0.05, 0.1) is 6.61 Å². The van der Waals surface area contributed by atoms with Crippen LogP contribution in [0.3, 0.4) is 0 Å². The Balaban J connectivity index is 1.20. The number of alkyl halides is 2. The lowest BCUT2D eigenvalue weighted by atomic mass is 9.50. The van der Waals surface area contributed by atoms with Gasteiger partial charge in [-0.3, -0.25) is 9.08 Å². The largest absolute Gasteiger partial charge is 0.478 e. The van der Waals surface area contributed by atoms with E-state index < -0.39 is 38.8 Å². The number of esters is 1. The molecule has 4 bridgehead atoms. The molecule has 1 aromatic heterocycles. The maximum atomic E-state index is 14.9. The molecule has 5 aliphatic carbocycles. The van der Waals surface area contributed by atoms with E-state index in [4.69, 9.17) is 9.15 Å². The molecular formula is C28H32F2N2O7S. The van der Waals surface area contributed by atoms with Gasteiger partial charge in [0.2, 0.25) is 5.71 Å². The quantitative estimate of drug-likeness (QED) is 0.221. The van der Waals surface area contributed by atoms with Crippen molar-refractivity contribution < 1.29 is 40.2 Å². The standard InChI is InChI=1S/C28H32F2N2O7S/c29-28(30,26(34)37-16-27-13-17-10-18(14-27)12-19(11-17)15-27)40(35,36)39-32-23(24(33)20-6-2-1-3-7-20)25-31-21-8-4-5-9-22(21)38-25/h4-5,8-9,17-20H,1-3,6-7,10-16H2/b32-23+. The van der Waals surface area contributed by atoms with Gasteiger partial charge >= 0.3 is 21.3 Å². The number of fused-ring (bicyclic) bond motifs is 1. The Morgan fingerprint density at radius 3 is 2.27 bits per heavy atom. The highest BCUT2D eigenvalue weighted by atomic mass is 32.2. The van der Waals surface area contributed by atoms with Crippen LogP contribution in [0.4, 0.5) is 8.78 Å². The number of hydrogen-bond acceptors (Lipinski definition) is 9. The average Bonchev–Trinajstić information content (AvgIpc) is 3.35. The number of ether oxygens (including phenoxy) is 1. The topological polar surface area (TPSA) is 125 Å².